The highest BCUT2D eigenvalue weighted by atomic mass is 35.5. The van der Waals surface area contributed by atoms with Crippen LogP contribution in [0.5, 0.6) is 0 Å². The van der Waals surface area contributed by atoms with Crippen LogP contribution in [-0.2, 0) is 6.42 Å². The summed E-state index contributed by atoms with van der Waals surface area (Å²) in [6.07, 6.45) is 0.899. The highest BCUT2D eigenvalue weighted by molar-refractivity contribution is 7.16. The van der Waals surface area contributed by atoms with Gasteiger partial charge < -0.3 is 16.4 Å². The molecular weight excluding hydrogens is 439 g/mol. The summed E-state index contributed by atoms with van der Waals surface area (Å²) < 4.78 is 0. The van der Waals surface area contributed by atoms with Crippen molar-refractivity contribution in [1.29, 1.82) is 0 Å². The van der Waals surface area contributed by atoms with Gasteiger partial charge in [0.25, 0.3) is 5.91 Å². The fourth-order valence-corrected chi connectivity index (χ4v) is 4.45. The maximum Gasteiger partial charge on any atom is 0.251 e. The van der Waals surface area contributed by atoms with E-state index in [1.54, 1.807) is 29.5 Å². The Hall–Kier alpha value is -2.12. The van der Waals surface area contributed by atoms with E-state index in [9.17, 15) is 4.79 Å². The lowest BCUT2D eigenvalue weighted by Crippen LogP contribution is -2.28. The molecule has 30 heavy (non-hydrogen) atoms. The molecule has 2 aromatic carbocycles. The van der Waals surface area contributed by atoms with Crippen molar-refractivity contribution in [3.63, 3.8) is 0 Å². The molecule has 0 unspecified atom stereocenters. The number of carbonyl (C=O) groups is 1. The van der Waals surface area contributed by atoms with E-state index in [0.29, 0.717) is 34.6 Å². The molecule has 0 radical (unpaired) electrons. The zero-order valence-electron chi connectivity index (χ0n) is 16.8. The minimum absolute atomic E-state index is 0.153. The smallest absolute Gasteiger partial charge is 0.251 e. The molecule has 1 amide bonds. The Morgan fingerprint density at radius 1 is 1.17 bits per heavy atom. The largest absolute Gasteiger partial charge is 0.351 e. The summed E-state index contributed by atoms with van der Waals surface area (Å²) in [6.45, 7) is 5.19. The van der Waals surface area contributed by atoms with Crippen molar-refractivity contribution in [3.05, 3.63) is 63.0 Å². The maximum absolute atomic E-state index is 12.2. The number of aromatic nitrogens is 1. The Morgan fingerprint density at radius 3 is 2.67 bits per heavy atom. The van der Waals surface area contributed by atoms with E-state index in [1.165, 1.54) is 4.88 Å². The van der Waals surface area contributed by atoms with Gasteiger partial charge in [-0.15, -0.1) is 11.3 Å². The fraction of sp³-hybridized carbons (Fsp3) is 0.273. The molecule has 5 nitrogen and oxygen atoms in total. The molecule has 0 fully saturated rings. The summed E-state index contributed by atoms with van der Waals surface area (Å²) >= 11 is 13.9. The van der Waals surface area contributed by atoms with Crippen LogP contribution in [0.15, 0.2) is 42.5 Å². The zero-order valence-corrected chi connectivity index (χ0v) is 19.2. The Balaban J connectivity index is 1.89. The number of amides is 1. The van der Waals surface area contributed by atoms with Crippen LogP contribution < -0.4 is 16.4 Å². The van der Waals surface area contributed by atoms with Crippen molar-refractivity contribution in [3.8, 4) is 11.3 Å². The van der Waals surface area contributed by atoms with E-state index in [-0.39, 0.29) is 5.91 Å². The summed E-state index contributed by atoms with van der Waals surface area (Å²) in [7, 11) is 0. The van der Waals surface area contributed by atoms with E-state index in [0.717, 1.165) is 28.5 Å². The maximum atomic E-state index is 12.2. The van der Waals surface area contributed by atoms with Crippen LogP contribution in [0.25, 0.3) is 11.3 Å². The Morgan fingerprint density at radius 2 is 1.97 bits per heavy atom. The number of rotatable bonds is 8. The molecule has 8 heteroatoms. The molecule has 0 aliphatic carbocycles. The SMILES string of the molecule is CC(C)Cc1sc(Nc2cccc(C(=O)NCCN)c2)nc1-c1ccc(Cl)c(Cl)c1. The summed E-state index contributed by atoms with van der Waals surface area (Å²) in [6, 6.07) is 12.9. The first-order valence-corrected chi connectivity index (χ1v) is 11.2. The third-order valence-corrected chi connectivity index (χ3v) is 6.02. The summed E-state index contributed by atoms with van der Waals surface area (Å²) in [5.74, 6) is 0.328. The normalized spacial score (nSPS) is 11.0. The molecule has 0 spiro atoms. The molecule has 1 heterocycles. The van der Waals surface area contributed by atoms with Crippen molar-refractivity contribution >= 4 is 51.3 Å². The first kappa shape index (κ1) is 22.6. The van der Waals surface area contributed by atoms with Crippen LogP contribution in [-0.4, -0.2) is 24.0 Å². The van der Waals surface area contributed by atoms with Gasteiger partial charge in [-0.1, -0.05) is 49.2 Å². The van der Waals surface area contributed by atoms with Crippen molar-refractivity contribution in [2.45, 2.75) is 20.3 Å². The van der Waals surface area contributed by atoms with Gasteiger partial charge in [-0.05, 0) is 42.7 Å². The lowest BCUT2D eigenvalue weighted by atomic mass is 10.0. The molecule has 0 aliphatic rings. The van der Waals surface area contributed by atoms with Crippen molar-refractivity contribution in [2.75, 3.05) is 18.4 Å². The number of hydrogen-bond acceptors (Lipinski definition) is 5. The number of hydrogen-bond donors (Lipinski definition) is 3. The van der Waals surface area contributed by atoms with Gasteiger partial charge >= 0.3 is 0 Å². The number of carbonyl (C=O) groups excluding carboxylic acids is 1. The molecule has 0 saturated carbocycles. The van der Waals surface area contributed by atoms with Crippen LogP contribution in [0.3, 0.4) is 0 Å². The second-order valence-electron chi connectivity index (χ2n) is 7.27. The van der Waals surface area contributed by atoms with E-state index in [1.807, 2.05) is 24.3 Å². The van der Waals surface area contributed by atoms with Gasteiger partial charge in [0.2, 0.25) is 0 Å². The number of anilines is 2. The minimum atomic E-state index is -0.153. The number of halogens is 2. The molecule has 0 atom stereocenters. The van der Waals surface area contributed by atoms with Gasteiger partial charge in [0.05, 0.1) is 15.7 Å². The molecule has 1 aromatic heterocycles. The number of thiazole rings is 1. The number of nitrogens with two attached hydrogens (primary N) is 1. The summed E-state index contributed by atoms with van der Waals surface area (Å²) in [5.41, 5.74) is 8.64. The predicted molar refractivity (Wildman–Crippen MR) is 127 cm³/mol. The second-order valence-corrected chi connectivity index (χ2v) is 9.17. The number of nitrogens with zero attached hydrogens (tertiary/aromatic N) is 1. The van der Waals surface area contributed by atoms with Crippen LogP contribution in [0.4, 0.5) is 10.8 Å². The second kappa shape index (κ2) is 10.3. The van der Waals surface area contributed by atoms with Crippen LogP contribution in [0, 0.1) is 5.92 Å². The first-order valence-electron chi connectivity index (χ1n) is 9.68. The molecule has 3 aromatic rings. The average Bonchev–Trinajstić information content (AvgIpc) is 3.09. The lowest BCUT2D eigenvalue weighted by Gasteiger charge is -2.07. The van der Waals surface area contributed by atoms with Crippen molar-refractivity contribution < 1.29 is 4.79 Å². The van der Waals surface area contributed by atoms with Gasteiger partial charge in [-0.2, -0.15) is 0 Å². The Labute approximate surface area is 190 Å². The fourth-order valence-electron chi connectivity index (χ4n) is 2.93. The van der Waals surface area contributed by atoms with Gasteiger partial charge in [0.1, 0.15) is 0 Å². The summed E-state index contributed by atoms with van der Waals surface area (Å²) in [5, 5.41) is 7.88. The highest BCUT2D eigenvalue weighted by Crippen LogP contribution is 2.36. The van der Waals surface area contributed by atoms with Gasteiger partial charge in [-0.25, -0.2) is 4.98 Å². The molecule has 3 rings (SSSR count). The Bertz CT molecular complexity index is 1040. The van der Waals surface area contributed by atoms with Gasteiger partial charge in [0, 0.05) is 34.8 Å². The number of benzene rings is 2. The predicted octanol–water partition coefficient (Wildman–Crippen LogP) is 5.75. The molecule has 4 N–H and O–H groups in total. The van der Waals surface area contributed by atoms with E-state index in [2.05, 4.69) is 24.5 Å². The average molecular weight is 463 g/mol. The first-order chi connectivity index (χ1) is 14.4. The van der Waals surface area contributed by atoms with E-state index >= 15 is 0 Å². The molecule has 0 saturated heterocycles. The molecule has 158 valence electrons. The molecule has 0 aliphatic heterocycles. The number of nitrogens with one attached hydrogen (secondary N) is 2. The van der Waals surface area contributed by atoms with E-state index in [4.69, 9.17) is 33.9 Å². The van der Waals surface area contributed by atoms with Crippen LogP contribution >= 0.6 is 34.5 Å². The third kappa shape index (κ3) is 5.73. The zero-order chi connectivity index (χ0) is 21.7. The monoisotopic (exact) mass is 462 g/mol. The summed E-state index contributed by atoms with van der Waals surface area (Å²) in [4.78, 5) is 18.2. The quantitative estimate of drug-likeness (QED) is 0.398. The van der Waals surface area contributed by atoms with E-state index < -0.39 is 0 Å². The Kier molecular flexibility index (Phi) is 7.72. The van der Waals surface area contributed by atoms with Crippen molar-refractivity contribution in [1.82, 2.24) is 10.3 Å². The topological polar surface area (TPSA) is 80.0 Å². The standard InChI is InChI=1S/C22H24Cl2N4OS/c1-13(2)10-19-20(14-6-7-17(23)18(24)12-14)28-22(30-19)27-16-5-3-4-15(11-16)21(29)26-9-8-25/h3-7,11-13H,8-10,25H2,1-2H3,(H,26,29)(H,27,28). The lowest BCUT2D eigenvalue weighted by molar-refractivity contribution is 0.0955. The van der Waals surface area contributed by atoms with Gasteiger partial charge in [0.15, 0.2) is 5.13 Å². The highest BCUT2D eigenvalue weighted by Gasteiger charge is 2.16. The van der Waals surface area contributed by atoms with Crippen LogP contribution in [0.2, 0.25) is 10.0 Å². The third-order valence-electron chi connectivity index (χ3n) is 4.29. The van der Waals surface area contributed by atoms with Crippen LogP contribution in [0.1, 0.15) is 29.1 Å². The molecule has 0 bridgehead atoms. The minimum Gasteiger partial charge on any atom is -0.351 e. The molecular formula is C22H24Cl2N4OS. The van der Waals surface area contributed by atoms with Gasteiger partial charge in [-0.3, -0.25) is 4.79 Å². The van der Waals surface area contributed by atoms with Crippen molar-refractivity contribution in [2.24, 2.45) is 11.7 Å².